The first-order chi connectivity index (χ1) is 9.38. The lowest BCUT2D eigenvalue weighted by Crippen LogP contribution is -2.39. The summed E-state index contributed by atoms with van der Waals surface area (Å²) < 4.78 is 37.3. The molecule has 1 aliphatic carbocycles. The first-order valence-corrected chi connectivity index (χ1v) is 8.23. The molecule has 0 spiro atoms. The lowest BCUT2D eigenvalue weighted by molar-refractivity contribution is 0.0951. The molecular weight excluding hydrogens is 283 g/mol. The Balaban J connectivity index is 1.86. The minimum atomic E-state index is -3.24. The van der Waals surface area contributed by atoms with Gasteiger partial charge in [0.25, 0.3) is 5.91 Å². The maximum absolute atomic E-state index is 12.7. The van der Waals surface area contributed by atoms with Crippen LogP contribution in [0.25, 0.3) is 0 Å². The van der Waals surface area contributed by atoms with Gasteiger partial charge in [-0.2, -0.15) is 4.31 Å². The van der Waals surface area contributed by atoms with E-state index in [4.69, 9.17) is 0 Å². The van der Waals surface area contributed by atoms with Crippen molar-refractivity contribution in [3.05, 3.63) is 35.6 Å². The lowest BCUT2D eigenvalue weighted by atomic mass is 10.2. The number of halogens is 1. The zero-order valence-electron chi connectivity index (χ0n) is 11.2. The molecule has 0 atom stereocenters. The highest BCUT2D eigenvalue weighted by molar-refractivity contribution is 7.88. The SMILES string of the molecule is CS(=O)(=O)N(CCNC(=O)c1ccc(F)cc1)C1CC1. The summed E-state index contributed by atoms with van der Waals surface area (Å²) in [5.74, 6) is -0.743. The molecule has 2 rings (SSSR count). The van der Waals surface area contributed by atoms with E-state index in [1.807, 2.05) is 0 Å². The number of rotatable bonds is 6. The van der Waals surface area contributed by atoms with Crippen LogP contribution in [0.4, 0.5) is 4.39 Å². The molecule has 0 bridgehead atoms. The first-order valence-electron chi connectivity index (χ1n) is 6.38. The van der Waals surface area contributed by atoms with E-state index in [9.17, 15) is 17.6 Å². The zero-order valence-corrected chi connectivity index (χ0v) is 12.0. The molecule has 1 amide bonds. The van der Waals surface area contributed by atoms with Gasteiger partial charge in [-0.1, -0.05) is 0 Å². The fraction of sp³-hybridized carbons (Fsp3) is 0.462. The summed E-state index contributed by atoms with van der Waals surface area (Å²) in [5.41, 5.74) is 0.351. The quantitative estimate of drug-likeness (QED) is 0.851. The number of benzene rings is 1. The largest absolute Gasteiger partial charge is 0.351 e. The van der Waals surface area contributed by atoms with Crippen LogP contribution >= 0.6 is 0 Å². The van der Waals surface area contributed by atoms with Crippen LogP contribution < -0.4 is 5.32 Å². The summed E-state index contributed by atoms with van der Waals surface area (Å²) in [5, 5.41) is 2.64. The van der Waals surface area contributed by atoms with Crippen molar-refractivity contribution in [2.24, 2.45) is 0 Å². The molecule has 7 heteroatoms. The van der Waals surface area contributed by atoms with Gasteiger partial charge < -0.3 is 5.32 Å². The van der Waals surface area contributed by atoms with Crippen LogP contribution in [0.2, 0.25) is 0 Å². The summed E-state index contributed by atoms with van der Waals surface area (Å²) in [6.07, 6.45) is 2.92. The highest BCUT2D eigenvalue weighted by atomic mass is 32.2. The third kappa shape index (κ3) is 4.01. The Morgan fingerprint density at radius 1 is 1.35 bits per heavy atom. The molecule has 1 aromatic rings. The summed E-state index contributed by atoms with van der Waals surface area (Å²) in [6.45, 7) is 0.496. The molecule has 110 valence electrons. The highest BCUT2D eigenvalue weighted by Gasteiger charge is 2.34. The van der Waals surface area contributed by atoms with E-state index >= 15 is 0 Å². The molecule has 0 unspecified atom stereocenters. The standard InChI is InChI=1S/C13H17FN2O3S/c1-20(18,19)16(12-6-7-12)9-8-15-13(17)10-2-4-11(14)5-3-10/h2-5,12H,6-9H2,1H3,(H,15,17). The Morgan fingerprint density at radius 2 is 1.95 bits per heavy atom. The van der Waals surface area contributed by atoms with Gasteiger partial charge in [0.2, 0.25) is 10.0 Å². The number of carbonyl (C=O) groups is 1. The van der Waals surface area contributed by atoms with E-state index < -0.39 is 15.8 Å². The molecule has 5 nitrogen and oxygen atoms in total. The van der Waals surface area contributed by atoms with Crippen LogP contribution in [0.15, 0.2) is 24.3 Å². The number of nitrogens with one attached hydrogen (secondary N) is 1. The number of nitrogens with zero attached hydrogens (tertiary/aromatic N) is 1. The second kappa shape index (κ2) is 5.88. The van der Waals surface area contributed by atoms with Gasteiger partial charge in [-0.3, -0.25) is 4.79 Å². The first kappa shape index (κ1) is 14.9. The van der Waals surface area contributed by atoms with Crippen LogP contribution in [0, 0.1) is 5.82 Å². The molecule has 1 fully saturated rings. The van der Waals surface area contributed by atoms with E-state index in [1.165, 1.54) is 34.8 Å². The predicted octanol–water partition coefficient (Wildman–Crippen LogP) is 0.979. The van der Waals surface area contributed by atoms with Gasteiger partial charge in [-0.15, -0.1) is 0 Å². The highest BCUT2D eigenvalue weighted by Crippen LogP contribution is 2.28. The van der Waals surface area contributed by atoms with Crippen molar-refractivity contribution in [2.75, 3.05) is 19.3 Å². The molecule has 0 heterocycles. The molecule has 0 radical (unpaired) electrons. The van der Waals surface area contributed by atoms with Crippen molar-refractivity contribution in [1.82, 2.24) is 9.62 Å². The molecule has 0 aromatic heterocycles. The normalized spacial score (nSPS) is 15.3. The number of amides is 1. The number of carbonyl (C=O) groups excluding carboxylic acids is 1. The fourth-order valence-corrected chi connectivity index (χ4v) is 3.14. The Kier molecular flexibility index (Phi) is 4.39. The van der Waals surface area contributed by atoms with E-state index in [-0.39, 0.29) is 25.0 Å². The van der Waals surface area contributed by atoms with Crippen molar-refractivity contribution in [3.8, 4) is 0 Å². The van der Waals surface area contributed by atoms with Gasteiger partial charge in [0, 0.05) is 24.7 Å². The summed E-state index contributed by atoms with van der Waals surface area (Å²) in [4.78, 5) is 11.8. The topological polar surface area (TPSA) is 66.5 Å². The van der Waals surface area contributed by atoms with Crippen molar-refractivity contribution in [3.63, 3.8) is 0 Å². The van der Waals surface area contributed by atoms with E-state index in [0.717, 1.165) is 12.8 Å². The van der Waals surface area contributed by atoms with Crippen LogP contribution in [0.1, 0.15) is 23.2 Å². The molecule has 20 heavy (non-hydrogen) atoms. The Bertz CT molecular complexity index is 582. The van der Waals surface area contributed by atoms with Gasteiger partial charge in [0.1, 0.15) is 5.82 Å². The molecule has 1 aromatic carbocycles. The summed E-state index contributed by atoms with van der Waals surface area (Å²) in [6, 6.07) is 5.27. The van der Waals surface area contributed by atoms with Crippen molar-refractivity contribution < 1.29 is 17.6 Å². The van der Waals surface area contributed by atoms with E-state index in [1.54, 1.807) is 0 Å². The van der Waals surface area contributed by atoms with Crippen LogP contribution in [0.5, 0.6) is 0 Å². The number of sulfonamides is 1. The second-order valence-electron chi connectivity index (χ2n) is 4.87. The molecule has 0 aliphatic heterocycles. The van der Waals surface area contributed by atoms with Crippen LogP contribution in [0.3, 0.4) is 0 Å². The molecule has 1 N–H and O–H groups in total. The summed E-state index contributed by atoms with van der Waals surface area (Å²) in [7, 11) is -3.24. The van der Waals surface area contributed by atoms with Gasteiger partial charge in [-0.05, 0) is 37.1 Å². The average molecular weight is 300 g/mol. The lowest BCUT2D eigenvalue weighted by Gasteiger charge is -2.19. The Morgan fingerprint density at radius 3 is 2.45 bits per heavy atom. The fourth-order valence-electron chi connectivity index (χ4n) is 1.96. The number of hydrogen-bond acceptors (Lipinski definition) is 3. The third-order valence-corrected chi connectivity index (χ3v) is 4.44. The van der Waals surface area contributed by atoms with Crippen molar-refractivity contribution >= 4 is 15.9 Å². The molecule has 1 aliphatic rings. The summed E-state index contributed by atoms with van der Waals surface area (Å²) >= 11 is 0. The minimum Gasteiger partial charge on any atom is -0.351 e. The monoisotopic (exact) mass is 300 g/mol. The van der Waals surface area contributed by atoms with Gasteiger partial charge in [0.15, 0.2) is 0 Å². The minimum absolute atomic E-state index is 0.0766. The maximum Gasteiger partial charge on any atom is 0.251 e. The Labute approximate surface area is 117 Å². The maximum atomic E-state index is 12.7. The van der Waals surface area contributed by atoms with Crippen molar-refractivity contribution in [2.45, 2.75) is 18.9 Å². The van der Waals surface area contributed by atoms with E-state index in [0.29, 0.717) is 5.56 Å². The zero-order chi connectivity index (χ0) is 14.8. The van der Waals surface area contributed by atoms with Crippen LogP contribution in [-0.2, 0) is 10.0 Å². The van der Waals surface area contributed by atoms with Crippen LogP contribution in [-0.4, -0.2) is 44.0 Å². The third-order valence-electron chi connectivity index (χ3n) is 3.10. The molecular formula is C13H17FN2O3S. The van der Waals surface area contributed by atoms with Gasteiger partial charge in [0.05, 0.1) is 6.26 Å². The molecule has 1 saturated carbocycles. The predicted molar refractivity (Wildman–Crippen MR) is 73.3 cm³/mol. The van der Waals surface area contributed by atoms with E-state index in [2.05, 4.69) is 5.32 Å². The number of hydrogen-bond donors (Lipinski definition) is 1. The van der Waals surface area contributed by atoms with Gasteiger partial charge >= 0.3 is 0 Å². The molecule has 0 saturated heterocycles. The average Bonchev–Trinajstić information content (AvgIpc) is 3.18. The Hall–Kier alpha value is -1.47. The second-order valence-corrected chi connectivity index (χ2v) is 6.80. The smallest absolute Gasteiger partial charge is 0.251 e. The van der Waals surface area contributed by atoms with Crippen molar-refractivity contribution in [1.29, 1.82) is 0 Å². The van der Waals surface area contributed by atoms with Gasteiger partial charge in [-0.25, -0.2) is 12.8 Å².